The molecular weight excluding hydrogens is 272 g/mol. The van der Waals surface area contributed by atoms with E-state index < -0.39 is 9.84 Å². The largest absolute Gasteiger partial charge is 0.309 e. The molecule has 0 bridgehead atoms. The Morgan fingerprint density at radius 3 is 2.35 bits per heavy atom. The van der Waals surface area contributed by atoms with Crippen LogP contribution in [-0.4, -0.2) is 56.0 Å². The summed E-state index contributed by atoms with van der Waals surface area (Å²) in [5.74, 6) is 0.589. The minimum Gasteiger partial charge on any atom is -0.309 e. The van der Waals surface area contributed by atoms with Gasteiger partial charge in [0.2, 0.25) is 0 Å². The molecule has 1 N–H and O–H groups in total. The molecule has 0 aromatic heterocycles. The molecule has 0 amide bonds. The van der Waals surface area contributed by atoms with Crippen LogP contribution in [0.25, 0.3) is 0 Å². The van der Waals surface area contributed by atoms with Crippen molar-refractivity contribution in [3.05, 3.63) is 0 Å². The van der Waals surface area contributed by atoms with E-state index in [2.05, 4.69) is 44.8 Å². The molecule has 1 fully saturated rings. The van der Waals surface area contributed by atoms with E-state index in [0.29, 0.717) is 24.8 Å². The summed E-state index contributed by atoms with van der Waals surface area (Å²) in [6.45, 7) is 15.4. The van der Waals surface area contributed by atoms with Crippen molar-refractivity contribution in [3.8, 4) is 0 Å². The van der Waals surface area contributed by atoms with Gasteiger partial charge in [-0.25, -0.2) is 8.42 Å². The number of hydrogen-bond donors (Lipinski definition) is 1. The van der Waals surface area contributed by atoms with Crippen LogP contribution in [0.4, 0.5) is 0 Å². The van der Waals surface area contributed by atoms with Crippen LogP contribution < -0.4 is 5.32 Å². The van der Waals surface area contributed by atoms with Crippen molar-refractivity contribution in [1.29, 1.82) is 0 Å². The maximum Gasteiger partial charge on any atom is 0.151 e. The summed E-state index contributed by atoms with van der Waals surface area (Å²) in [7, 11) is -2.90. The first-order valence-electron chi connectivity index (χ1n) is 7.66. The fourth-order valence-corrected chi connectivity index (χ4v) is 4.27. The number of sulfone groups is 1. The van der Waals surface area contributed by atoms with Gasteiger partial charge in [-0.05, 0) is 25.7 Å². The average Bonchev–Trinajstić information content (AvgIpc) is 2.23. The number of nitrogens with zero attached hydrogens (tertiary/aromatic N) is 1. The molecule has 0 saturated carbocycles. The standard InChI is InChI=1S/C15H32N2O2S/c1-7-9-20(18,19)10-8-17-12-15(5,6)16-11-13(17)14(2,3)4/h13,16H,7-12H2,1-6H3. The summed E-state index contributed by atoms with van der Waals surface area (Å²) in [6, 6.07) is 0.382. The maximum absolute atomic E-state index is 11.9. The zero-order valence-corrected chi connectivity index (χ0v) is 14.8. The second-order valence-electron chi connectivity index (χ2n) is 7.77. The van der Waals surface area contributed by atoms with Crippen molar-refractivity contribution in [2.45, 2.75) is 59.5 Å². The summed E-state index contributed by atoms with van der Waals surface area (Å²) in [5.41, 5.74) is 0.203. The molecule has 0 aromatic carbocycles. The van der Waals surface area contributed by atoms with Gasteiger partial charge in [0.1, 0.15) is 0 Å². The first kappa shape index (κ1) is 17.9. The SMILES string of the molecule is CCCS(=O)(=O)CCN1CC(C)(C)NCC1C(C)(C)C. The van der Waals surface area contributed by atoms with Gasteiger partial charge < -0.3 is 5.32 Å². The van der Waals surface area contributed by atoms with Gasteiger partial charge in [0.25, 0.3) is 0 Å². The Hall–Kier alpha value is -0.130. The highest BCUT2D eigenvalue weighted by Gasteiger charge is 2.38. The van der Waals surface area contributed by atoms with Crippen LogP contribution in [0.1, 0.15) is 48.0 Å². The number of rotatable bonds is 5. The van der Waals surface area contributed by atoms with Gasteiger partial charge in [0.05, 0.1) is 5.75 Å². The van der Waals surface area contributed by atoms with Gasteiger partial charge in [-0.15, -0.1) is 0 Å². The van der Waals surface area contributed by atoms with Gasteiger partial charge in [-0.3, -0.25) is 4.90 Å². The highest BCUT2D eigenvalue weighted by Crippen LogP contribution is 2.28. The molecule has 0 radical (unpaired) electrons. The Labute approximate surface area is 125 Å². The topological polar surface area (TPSA) is 49.4 Å². The molecule has 5 heteroatoms. The lowest BCUT2D eigenvalue weighted by Gasteiger charge is -2.49. The maximum atomic E-state index is 11.9. The van der Waals surface area contributed by atoms with E-state index in [-0.39, 0.29) is 16.7 Å². The molecule has 1 atom stereocenters. The first-order valence-corrected chi connectivity index (χ1v) is 9.48. The van der Waals surface area contributed by atoms with Crippen LogP contribution in [0.5, 0.6) is 0 Å². The van der Waals surface area contributed by atoms with Crippen LogP contribution in [0.2, 0.25) is 0 Å². The van der Waals surface area contributed by atoms with Gasteiger partial charge >= 0.3 is 0 Å². The molecule has 1 heterocycles. The molecule has 4 nitrogen and oxygen atoms in total. The van der Waals surface area contributed by atoms with E-state index in [4.69, 9.17) is 0 Å². The van der Waals surface area contributed by atoms with Crippen molar-refractivity contribution in [3.63, 3.8) is 0 Å². The first-order chi connectivity index (χ1) is 8.97. The lowest BCUT2D eigenvalue weighted by molar-refractivity contribution is 0.0381. The third-order valence-corrected chi connectivity index (χ3v) is 5.85. The summed E-state index contributed by atoms with van der Waals surface area (Å²) in [6.07, 6.45) is 0.706. The van der Waals surface area contributed by atoms with Gasteiger partial charge in [-0.1, -0.05) is 27.7 Å². The van der Waals surface area contributed by atoms with Crippen molar-refractivity contribution in [2.24, 2.45) is 5.41 Å². The highest BCUT2D eigenvalue weighted by atomic mass is 32.2. The number of piperazine rings is 1. The zero-order valence-electron chi connectivity index (χ0n) is 14.0. The van der Waals surface area contributed by atoms with Crippen molar-refractivity contribution in [1.82, 2.24) is 10.2 Å². The third kappa shape index (κ3) is 5.34. The Morgan fingerprint density at radius 2 is 1.85 bits per heavy atom. The molecule has 120 valence electrons. The predicted molar refractivity (Wildman–Crippen MR) is 85.8 cm³/mol. The van der Waals surface area contributed by atoms with Crippen LogP contribution in [-0.2, 0) is 9.84 Å². The molecule has 20 heavy (non-hydrogen) atoms. The molecule has 1 aliphatic rings. The second-order valence-corrected chi connectivity index (χ2v) is 10.1. The summed E-state index contributed by atoms with van der Waals surface area (Å²) in [5, 5.41) is 3.58. The summed E-state index contributed by atoms with van der Waals surface area (Å²) < 4.78 is 23.9. The van der Waals surface area contributed by atoms with E-state index in [9.17, 15) is 8.42 Å². The Kier molecular flexibility index (Phi) is 5.67. The van der Waals surface area contributed by atoms with Crippen molar-refractivity contribution in [2.75, 3.05) is 31.1 Å². The van der Waals surface area contributed by atoms with E-state index in [1.165, 1.54) is 0 Å². The van der Waals surface area contributed by atoms with Gasteiger partial charge in [0.15, 0.2) is 9.84 Å². The smallest absolute Gasteiger partial charge is 0.151 e. The summed E-state index contributed by atoms with van der Waals surface area (Å²) >= 11 is 0. The van der Waals surface area contributed by atoms with Crippen LogP contribution >= 0.6 is 0 Å². The predicted octanol–water partition coefficient (Wildman–Crippen LogP) is 1.91. The van der Waals surface area contributed by atoms with Crippen LogP contribution in [0.15, 0.2) is 0 Å². The molecule has 0 aliphatic carbocycles. The lowest BCUT2D eigenvalue weighted by atomic mass is 9.82. The molecule has 0 aromatic rings. The minimum atomic E-state index is -2.90. The molecule has 1 aliphatic heterocycles. The Morgan fingerprint density at radius 1 is 1.25 bits per heavy atom. The zero-order chi connectivity index (χ0) is 15.6. The van der Waals surface area contributed by atoms with Crippen molar-refractivity contribution >= 4 is 9.84 Å². The van der Waals surface area contributed by atoms with Crippen LogP contribution in [0.3, 0.4) is 0 Å². The average molecular weight is 305 g/mol. The van der Waals surface area contributed by atoms with E-state index >= 15 is 0 Å². The normalized spacial score (nSPS) is 24.8. The molecular formula is C15H32N2O2S. The van der Waals surface area contributed by atoms with Crippen LogP contribution in [0, 0.1) is 5.41 Å². The summed E-state index contributed by atoms with van der Waals surface area (Å²) in [4.78, 5) is 2.36. The second kappa shape index (κ2) is 6.32. The molecule has 0 spiro atoms. The van der Waals surface area contributed by atoms with E-state index in [1.54, 1.807) is 0 Å². The van der Waals surface area contributed by atoms with Crippen molar-refractivity contribution < 1.29 is 8.42 Å². The van der Waals surface area contributed by atoms with E-state index in [1.807, 2.05) is 6.92 Å². The van der Waals surface area contributed by atoms with Gasteiger partial charge in [-0.2, -0.15) is 0 Å². The number of nitrogens with one attached hydrogen (secondary N) is 1. The molecule has 1 unspecified atom stereocenters. The Balaban J connectivity index is 2.75. The Bertz CT molecular complexity index is 410. The van der Waals surface area contributed by atoms with E-state index in [0.717, 1.165) is 13.1 Å². The fraction of sp³-hybridized carbons (Fsp3) is 1.00. The quantitative estimate of drug-likeness (QED) is 0.843. The van der Waals surface area contributed by atoms with Gasteiger partial charge in [0, 0.05) is 37.0 Å². The highest BCUT2D eigenvalue weighted by molar-refractivity contribution is 7.91. The third-order valence-electron chi connectivity index (χ3n) is 4.02. The molecule has 1 saturated heterocycles. The lowest BCUT2D eigenvalue weighted by Crippen LogP contribution is -2.65. The number of hydrogen-bond acceptors (Lipinski definition) is 4. The minimum absolute atomic E-state index is 0.0519. The molecule has 1 rings (SSSR count). The monoisotopic (exact) mass is 304 g/mol. The fourth-order valence-electron chi connectivity index (χ4n) is 2.93.